The zero-order valence-electron chi connectivity index (χ0n) is 15.2. The molecule has 0 saturated heterocycles. The lowest BCUT2D eigenvalue weighted by atomic mass is 10.0. The maximum absolute atomic E-state index is 12.5. The van der Waals surface area contributed by atoms with Crippen LogP contribution in [0, 0.1) is 0 Å². The molecule has 132 valence electrons. The van der Waals surface area contributed by atoms with Gasteiger partial charge in [-0.05, 0) is 42.2 Å². The number of anilines is 2. The lowest BCUT2D eigenvalue weighted by molar-refractivity contribution is -0.115. The zero-order valence-corrected chi connectivity index (χ0v) is 16.0. The van der Waals surface area contributed by atoms with Crippen molar-refractivity contribution in [1.29, 1.82) is 0 Å². The highest BCUT2D eigenvalue weighted by molar-refractivity contribution is 8.00. The minimum atomic E-state index is 0.0360. The van der Waals surface area contributed by atoms with Crippen LogP contribution >= 0.6 is 11.8 Å². The molecule has 3 rings (SSSR count). The van der Waals surface area contributed by atoms with E-state index in [2.05, 4.69) is 61.3 Å². The molecule has 0 spiro atoms. The van der Waals surface area contributed by atoms with E-state index in [1.54, 1.807) is 0 Å². The van der Waals surface area contributed by atoms with E-state index in [4.69, 9.17) is 0 Å². The Kier molecular flexibility index (Phi) is 5.69. The first-order valence-electron chi connectivity index (χ1n) is 8.97. The van der Waals surface area contributed by atoms with Crippen molar-refractivity contribution in [2.24, 2.45) is 0 Å². The van der Waals surface area contributed by atoms with E-state index in [1.165, 1.54) is 16.1 Å². The predicted octanol–water partition coefficient (Wildman–Crippen LogP) is 5.14. The summed E-state index contributed by atoms with van der Waals surface area (Å²) in [4.78, 5) is 16.0. The summed E-state index contributed by atoms with van der Waals surface area (Å²) < 4.78 is 0. The number of hydrogen-bond acceptors (Lipinski definition) is 3. The van der Waals surface area contributed by atoms with E-state index in [0.717, 1.165) is 18.7 Å². The van der Waals surface area contributed by atoms with Gasteiger partial charge in [0.05, 0.1) is 12.2 Å². The molecule has 0 radical (unpaired) electrons. The minimum absolute atomic E-state index is 0.0360. The summed E-state index contributed by atoms with van der Waals surface area (Å²) in [6.45, 7) is 7.85. The van der Waals surface area contributed by atoms with Crippen LogP contribution < -0.4 is 10.2 Å². The first-order chi connectivity index (χ1) is 12.1. The number of carbonyl (C=O) groups is 1. The lowest BCUT2D eigenvalue weighted by Crippen LogP contribution is -2.40. The van der Waals surface area contributed by atoms with Crippen molar-refractivity contribution in [2.75, 3.05) is 23.3 Å². The van der Waals surface area contributed by atoms with Gasteiger partial charge in [-0.15, -0.1) is 11.8 Å². The third kappa shape index (κ3) is 4.37. The van der Waals surface area contributed by atoms with Gasteiger partial charge in [0.2, 0.25) is 5.91 Å². The molecule has 0 bridgehead atoms. The summed E-state index contributed by atoms with van der Waals surface area (Å²) in [6, 6.07) is 16.5. The Morgan fingerprint density at radius 2 is 1.92 bits per heavy atom. The highest BCUT2D eigenvalue weighted by atomic mass is 32.2. The molecule has 2 aromatic rings. The monoisotopic (exact) mass is 354 g/mol. The predicted molar refractivity (Wildman–Crippen MR) is 108 cm³/mol. The average molecular weight is 355 g/mol. The fraction of sp³-hybridized carbons (Fsp3) is 0.381. The van der Waals surface area contributed by atoms with Crippen LogP contribution in [0.1, 0.15) is 38.7 Å². The molecule has 0 saturated carbocycles. The van der Waals surface area contributed by atoms with Crippen molar-refractivity contribution in [1.82, 2.24) is 0 Å². The summed E-state index contributed by atoms with van der Waals surface area (Å²) in [5.41, 5.74) is 3.31. The molecule has 2 aromatic carbocycles. The molecule has 4 heteroatoms. The molecular weight excluding hydrogens is 328 g/mol. The number of amides is 1. The number of thioether (sulfide) groups is 1. The Morgan fingerprint density at radius 3 is 2.60 bits per heavy atom. The Morgan fingerprint density at radius 1 is 1.20 bits per heavy atom. The average Bonchev–Trinajstić information content (AvgIpc) is 2.62. The summed E-state index contributed by atoms with van der Waals surface area (Å²) in [7, 11) is 0. The van der Waals surface area contributed by atoms with Crippen LogP contribution in [-0.4, -0.2) is 24.2 Å². The van der Waals surface area contributed by atoms with Crippen molar-refractivity contribution in [2.45, 2.75) is 43.3 Å². The summed E-state index contributed by atoms with van der Waals surface area (Å²) >= 11 is 1.92. The quantitative estimate of drug-likeness (QED) is 0.807. The van der Waals surface area contributed by atoms with E-state index in [0.29, 0.717) is 17.7 Å². The highest BCUT2D eigenvalue weighted by Gasteiger charge is 2.25. The van der Waals surface area contributed by atoms with Crippen molar-refractivity contribution < 1.29 is 4.79 Å². The molecule has 1 heterocycles. The summed E-state index contributed by atoms with van der Waals surface area (Å²) in [5, 5.41) is 3.57. The first-order valence-corrected chi connectivity index (χ1v) is 9.85. The van der Waals surface area contributed by atoms with Crippen LogP contribution in [0.5, 0.6) is 0 Å². The maximum atomic E-state index is 12.5. The van der Waals surface area contributed by atoms with Crippen LogP contribution in [0.3, 0.4) is 0 Å². The molecular formula is C21H26N2OS. The number of benzene rings is 2. The topological polar surface area (TPSA) is 32.3 Å². The van der Waals surface area contributed by atoms with Gasteiger partial charge in [0, 0.05) is 22.4 Å². The van der Waals surface area contributed by atoms with Gasteiger partial charge in [-0.1, -0.05) is 45.0 Å². The van der Waals surface area contributed by atoms with E-state index >= 15 is 0 Å². The van der Waals surface area contributed by atoms with Crippen molar-refractivity contribution >= 4 is 29.0 Å². The molecule has 0 fully saturated rings. The van der Waals surface area contributed by atoms with Gasteiger partial charge >= 0.3 is 0 Å². The van der Waals surface area contributed by atoms with Gasteiger partial charge < -0.3 is 10.2 Å². The number of rotatable bonds is 5. The standard InChI is InChI=1S/C21H26N2OS/c1-4-18-13-23(19-7-5-6-8-20(19)25-18)14-21(24)22-17-11-9-16(10-12-17)15(2)3/h5-12,15,18H,4,13-14H2,1-3H3,(H,22,24). The third-order valence-electron chi connectivity index (χ3n) is 4.57. The van der Waals surface area contributed by atoms with Gasteiger partial charge in [0.25, 0.3) is 0 Å². The molecule has 1 atom stereocenters. The normalized spacial score (nSPS) is 16.6. The SMILES string of the molecule is CCC1CN(CC(=O)Nc2ccc(C(C)C)cc2)c2ccccc2S1. The van der Waals surface area contributed by atoms with E-state index in [-0.39, 0.29) is 5.91 Å². The number of nitrogens with zero attached hydrogens (tertiary/aromatic N) is 1. The second-order valence-electron chi connectivity index (χ2n) is 6.82. The van der Waals surface area contributed by atoms with Crippen molar-refractivity contribution in [3.8, 4) is 0 Å². The number of carbonyl (C=O) groups excluding carboxylic acids is 1. The van der Waals surface area contributed by atoms with Crippen LogP contribution in [0.4, 0.5) is 11.4 Å². The molecule has 1 amide bonds. The Hall–Kier alpha value is -1.94. The molecule has 0 aliphatic carbocycles. The minimum Gasteiger partial charge on any atom is -0.360 e. The second-order valence-corrected chi connectivity index (χ2v) is 8.16. The smallest absolute Gasteiger partial charge is 0.243 e. The molecule has 3 nitrogen and oxygen atoms in total. The third-order valence-corrected chi connectivity index (χ3v) is 5.99. The van der Waals surface area contributed by atoms with Gasteiger partial charge in [-0.2, -0.15) is 0 Å². The highest BCUT2D eigenvalue weighted by Crippen LogP contribution is 2.39. The summed E-state index contributed by atoms with van der Waals surface area (Å²) in [5.74, 6) is 0.534. The molecule has 25 heavy (non-hydrogen) atoms. The molecule has 1 N–H and O–H groups in total. The number of hydrogen-bond donors (Lipinski definition) is 1. The lowest BCUT2D eigenvalue weighted by Gasteiger charge is -2.34. The van der Waals surface area contributed by atoms with Crippen LogP contribution in [0.2, 0.25) is 0 Å². The second kappa shape index (κ2) is 7.96. The number of nitrogens with one attached hydrogen (secondary N) is 1. The van der Waals surface area contributed by atoms with Gasteiger partial charge in [0.15, 0.2) is 0 Å². The van der Waals surface area contributed by atoms with Gasteiger partial charge in [-0.25, -0.2) is 0 Å². The zero-order chi connectivity index (χ0) is 17.8. The van der Waals surface area contributed by atoms with E-state index < -0.39 is 0 Å². The van der Waals surface area contributed by atoms with Crippen LogP contribution in [0.15, 0.2) is 53.4 Å². The fourth-order valence-corrected chi connectivity index (χ4v) is 4.32. The molecule has 1 aliphatic heterocycles. The van der Waals surface area contributed by atoms with Crippen molar-refractivity contribution in [3.63, 3.8) is 0 Å². The van der Waals surface area contributed by atoms with E-state index in [1.807, 2.05) is 30.0 Å². The fourth-order valence-electron chi connectivity index (χ4n) is 3.07. The van der Waals surface area contributed by atoms with Crippen molar-refractivity contribution in [3.05, 3.63) is 54.1 Å². The maximum Gasteiger partial charge on any atom is 0.243 e. The Balaban J connectivity index is 1.68. The number of fused-ring (bicyclic) bond motifs is 1. The molecule has 1 unspecified atom stereocenters. The largest absolute Gasteiger partial charge is 0.360 e. The van der Waals surface area contributed by atoms with Crippen LogP contribution in [-0.2, 0) is 4.79 Å². The Bertz CT molecular complexity index is 727. The van der Waals surface area contributed by atoms with Gasteiger partial charge in [-0.3, -0.25) is 4.79 Å². The first kappa shape index (κ1) is 17.9. The Labute approximate surface area is 154 Å². The van der Waals surface area contributed by atoms with Gasteiger partial charge in [0.1, 0.15) is 0 Å². The van der Waals surface area contributed by atoms with Crippen LogP contribution in [0.25, 0.3) is 0 Å². The van der Waals surface area contributed by atoms with E-state index in [9.17, 15) is 4.79 Å². The number of para-hydroxylation sites is 1. The molecule has 0 aromatic heterocycles. The summed E-state index contributed by atoms with van der Waals surface area (Å²) in [6.07, 6.45) is 1.10. The molecule has 1 aliphatic rings.